The van der Waals surface area contributed by atoms with Crippen LogP contribution in [0.4, 0.5) is 5.69 Å². The van der Waals surface area contributed by atoms with Gasteiger partial charge in [0.05, 0.1) is 29.7 Å². The summed E-state index contributed by atoms with van der Waals surface area (Å²) < 4.78 is 27.7. The van der Waals surface area contributed by atoms with Crippen molar-refractivity contribution in [3.63, 3.8) is 0 Å². The van der Waals surface area contributed by atoms with Crippen molar-refractivity contribution < 1.29 is 27.2 Å². The normalized spacial score (nSPS) is 13.4. The number of primary sulfonamides is 1. The Balaban J connectivity index is 1.53. The van der Waals surface area contributed by atoms with E-state index in [9.17, 15) is 22.8 Å². The number of anilines is 1. The molecule has 0 aliphatic carbocycles. The quantitative estimate of drug-likeness (QED) is 0.564. The molecule has 1 aromatic heterocycles. The predicted octanol–water partition coefficient (Wildman–Crippen LogP) is 2.12. The number of benzene rings is 2. The van der Waals surface area contributed by atoms with Crippen LogP contribution in [0.25, 0.3) is 0 Å². The number of amides is 3. The molecular formula is C21H17N3O6S. The van der Waals surface area contributed by atoms with Crippen molar-refractivity contribution in [3.05, 3.63) is 88.9 Å². The highest BCUT2D eigenvalue weighted by atomic mass is 32.2. The summed E-state index contributed by atoms with van der Waals surface area (Å²) in [6.07, 6.45) is 1.45. The molecule has 3 N–H and O–H groups in total. The molecule has 3 amide bonds. The standard InChI is InChI=1S/C21H17N3O6S/c22-31(28,29)12-13-3-1-4-15(9-13)23-19(25)14-6-7-17-18(10-14)21(27)24(20(17)26)11-16-5-2-8-30-16/h1-10H,11-12H2,(H,23,25)(H2,22,28,29). The van der Waals surface area contributed by atoms with Crippen LogP contribution < -0.4 is 10.5 Å². The molecule has 0 unspecified atom stereocenters. The number of furan rings is 1. The van der Waals surface area contributed by atoms with Gasteiger partial charge in [-0.05, 0) is 48.0 Å². The van der Waals surface area contributed by atoms with Crippen LogP contribution in [0.5, 0.6) is 0 Å². The van der Waals surface area contributed by atoms with E-state index in [1.54, 1.807) is 30.3 Å². The number of imide groups is 1. The summed E-state index contributed by atoms with van der Waals surface area (Å²) >= 11 is 0. The summed E-state index contributed by atoms with van der Waals surface area (Å²) in [6, 6.07) is 13.8. The number of nitrogens with one attached hydrogen (secondary N) is 1. The van der Waals surface area contributed by atoms with Gasteiger partial charge >= 0.3 is 0 Å². The Morgan fingerprint density at radius 2 is 1.77 bits per heavy atom. The van der Waals surface area contributed by atoms with Crippen LogP contribution in [-0.2, 0) is 22.3 Å². The first kappa shape index (κ1) is 20.5. The molecular weight excluding hydrogens is 422 g/mol. The molecule has 0 bridgehead atoms. The van der Waals surface area contributed by atoms with Crippen LogP contribution in [0.15, 0.2) is 65.3 Å². The Kier molecular flexibility index (Phi) is 5.17. The summed E-state index contributed by atoms with van der Waals surface area (Å²) in [5, 5.41) is 7.71. The van der Waals surface area contributed by atoms with Crippen molar-refractivity contribution in [2.45, 2.75) is 12.3 Å². The summed E-state index contributed by atoms with van der Waals surface area (Å²) in [5.74, 6) is -1.38. The Bertz CT molecular complexity index is 1300. The highest BCUT2D eigenvalue weighted by molar-refractivity contribution is 7.88. The van der Waals surface area contributed by atoms with Crippen LogP contribution in [0.1, 0.15) is 42.4 Å². The Morgan fingerprint density at radius 3 is 2.48 bits per heavy atom. The number of carbonyl (C=O) groups excluding carboxylic acids is 3. The molecule has 31 heavy (non-hydrogen) atoms. The van der Waals surface area contributed by atoms with E-state index in [1.165, 1.54) is 30.5 Å². The van der Waals surface area contributed by atoms with Crippen LogP contribution in [-0.4, -0.2) is 31.0 Å². The zero-order valence-corrected chi connectivity index (χ0v) is 16.9. The second-order valence-electron chi connectivity index (χ2n) is 7.00. The Labute approximate surface area is 177 Å². The highest BCUT2D eigenvalue weighted by Crippen LogP contribution is 2.26. The third-order valence-electron chi connectivity index (χ3n) is 4.68. The number of fused-ring (bicyclic) bond motifs is 1. The first-order valence-corrected chi connectivity index (χ1v) is 10.9. The fraction of sp³-hybridized carbons (Fsp3) is 0.0952. The predicted molar refractivity (Wildman–Crippen MR) is 111 cm³/mol. The molecule has 9 nitrogen and oxygen atoms in total. The van der Waals surface area contributed by atoms with Crippen LogP contribution in [0, 0.1) is 0 Å². The molecule has 10 heteroatoms. The molecule has 0 fully saturated rings. The molecule has 1 aliphatic rings. The molecule has 0 atom stereocenters. The average molecular weight is 439 g/mol. The molecule has 4 rings (SSSR count). The number of nitrogens with zero attached hydrogens (tertiary/aromatic N) is 1. The maximum Gasteiger partial charge on any atom is 0.261 e. The smallest absolute Gasteiger partial charge is 0.261 e. The number of sulfonamides is 1. The monoisotopic (exact) mass is 439 g/mol. The SMILES string of the molecule is NS(=O)(=O)Cc1cccc(NC(=O)c2ccc3c(c2)C(=O)N(Cc2ccco2)C3=O)c1. The lowest BCUT2D eigenvalue weighted by atomic mass is 10.1. The summed E-state index contributed by atoms with van der Waals surface area (Å²) in [6.45, 7) is -0.00226. The molecule has 2 aromatic carbocycles. The van der Waals surface area contributed by atoms with Gasteiger partial charge in [-0.15, -0.1) is 0 Å². The minimum atomic E-state index is -3.71. The minimum absolute atomic E-state index is 0.00226. The second-order valence-corrected chi connectivity index (χ2v) is 8.61. The number of nitrogens with two attached hydrogens (primary N) is 1. The van der Waals surface area contributed by atoms with Gasteiger partial charge in [-0.25, -0.2) is 13.6 Å². The van der Waals surface area contributed by atoms with Crippen molar-refractivity contribution in [1.29, 1.82) is 0 Å². The van der Waals surface area contributed by atoms with Crippen molar-refractivity contribution in [1.82, 2.24) is 4.90 Å². The number of rotatable bonds is 6. The third-order valence-corrected chi connectivity index (χ3v) is 5.42. The molecule has 0 saturated carbocycles. The Morgan fingerprint density at radius 1 is 1.00 bits per heavy atom. The fourth-order valence-corrected chi connectivity index (χ4v) is 3.95. The van der Waals surface area contributed by atoms with Crippen molar-refractivity contribution in [3.8, 4) is 0 Å². The minimum Gasteiger partial charge on any atom is -0.467 e. The van der Waals surface area contributed by atoms with Crippen LogP contribution in [0.3, 0.4) is 0 Å². The van der Waals surface area contributed by atoms with E-state index in [1.807, 2.05) is 0 Å². The second kappa shape index (κ2) is 7.82. The molecule has 0 spiro atoms. The first-order valence-electron chi connectivity index (χ1n) is 9.15. The number of hydrogen-bond acceptors (Lipinski definition) is 6. The zero-order chi connectivity index (χ0) is 22.2. The molecule has 2 heterocycles. The first-order chi connectivity index (χ1) is 14.7. The average Bonchev–Trinajstić information content (AvgIpc) is 3.30. The van der Waals surface area contributed by atoms with Crippen molar-refractivity contribution in [2.75, 3.05) is 5.32 Å². The topological polar surface area (TPSA) is 140 Å². The van der Waals surface area contributed by atoms with Gasteiger partial charge in [0.25, 0.3) is 17.7 Å². The zero-order valence-electron chi connectivity index (χ0n) is 16.1. The van der Waals surface area contributed by atoms with Gasteiger partial charge in [0.2, 0.25) is 10.0 Å². The van der Waals surface area contributed by atoms with Crippen LogP contribution in [0.2, 0.25) is 0 Å². The largest absolute Gasteiger partial charge is 0.467 e. The molecule has 0 radical (unpaired) electrons. The summed E-state index contributed by atoms with van der Waals surface area (Å²) in [4.78, 5) is 39.0. The van der Waals surface area contributed by atoms with E-state index in [0.29, 0.717) is 17.0 Å². The maximum absolute atomic E-state index is 12.7. The molecule has 1 aliphatic heterocycles. The van der Waals surface area contributed by atoms with Gasteiger partial charge in [0, 0.05) is 11.3 Å². The van der Waals surface area contributed by atoms with Gasteiger partial charge in [-0.3, -0.25) is 19.3 Å². The van der Waals surface area contributed by atoms with E-state index in [0.717, 1.165) is 4.90 Å². The molecule has 158 valence electrons. The van der Waals surface area contributed by atoms with Crippen molar-refractivity contribution >= 4 is 33.4 Å². The third kappa shape index (κ3) is 4.39. The number of carbonyl (C=O) groups is 3. The lowest BCUT2D eigenvalue weighted by Gasteiger charge is -2.11. The van der Waals surface area contributed by atoms with E-state index in [4.69, 9.17) is 9.56 Å². The van der Waals surface area contributed by atoms with E-state index in [-0.39, 0.29) is 29.0 Å². The van der Waals surface area contributed by atoms with Crippen molar-refractivity contribution in [2.24, 2.45) is 5.14 Å². The highest BCUT2D eigenvalue weighted by Gasteiger charge is 2.36. The maximum atomic E-state index is 12.7. The summed E-state index contributed by atoms with van der Waals surface area (Å²) in [7, 11) is -3.71. The summed E-state index contributed by atoms with van der Waals surface area (Å²) in [5.41, 5.74) is 1.31. The van der Waals surface area contributed by atoms with E-state index in [2.05, 4.69) is 5.32 Å². The van der Waals surface area contributed by atoms with Gasteiger partial charge < -0.3 is 9.73 Å². The van der Waals surface area contributed by atoms with Gasteiger partial charge in [-0.2, -0.15) is 0 Å². The Hall–Kier alpha value is -3.76. The van der Waals surface area contributed by atoms with Crippen LogP contribution >= 0.6 is 0 Å². The van der Waals surface area contributed by atoms with E-state index < -0.39 is 27.7 Å². The van der Waals surface area contributed by atoms with Gasteiger partial charge in [0.1, 0.15) is 5.76 Å². The molecule has 0 saturated heterocycles. The van der Waals surface area contributed by atoms with Gasteiger partial charge in [-0.1, -0.05) is 12.1 Å². The molecule has 3 aromatic rings. The number of hydrogen-bond donors (Lipinski definition) is 2. The van der Waals surface area contributed by atoms with E-state index >= 15 is 0 Å². The fourth-order valence-electron chi connectivity index (χ4n) is 3.31. The lowest BCUT2D eigenvalue weighted by molar-refractivity contribution is 0.0631. The lowest BCUT2D eigenvalue weighted by Crippen LogP contribution is -2.28. The van der Waals surface area contributed by atoms with Gasteiger partial charge in [0.15, 0.2) is 0 Å².